The van der Waals surface area contributed by atoms with Crippen LogP contribution in [0, 0.1) is 5.82 Å². The summed E-state index contributed by atoms with van der Waals surface area (Å²) in [6.07, 6.45) is 0.663. The Morgan fingerprint density at radius 1 is 1.10 bits per heavy atom. The number of carbonyl (C=O) groups is 2. The van der Waals surface area contributed by atoms with E-state index in [0.29, 0.717) is 44.8 Å². The second-order valence-electron chi connectivity index (χ2n) is 5.02. The predicted molar refractivity (Wildman–Crippen MR) is 71.9 cm³/mol. The zero-order valence-electron chi connectivity index (χ0n) is 11.1. The van der Waals surface area contributed by atoms with Crippen molar-refractivity contribution in [3.8, 4) is 0 Å². The van der Waals surface area contributed by atoms with Crippen LogP contribution >= 0.6 is 0 Å². The number of piperazine rings is 1. The van der Waals surface area contributed by atoms with E-state index in [2.05, 4.69) is 5.32 Å². The van der Waals surface area contributed by atoms with Gasteiger partial charge in [0.25, 0.3) is 0 Å². The summed E-state index contributed by atoms with van der Waals surface area (Å²) in [5.74, 6) is -1.45. The van der Waals surface area contributed by atoms with Crippen LogP contribution in [0.25, 0.3) is 0 Å². The lowest BCUT2D eigenvalue weighted by Crippen LogP contribution is -2.52. The Kier molecular flexibility index (Phi) is 3.40. The maximum absolute atomic E-state index is 13.3. The third-order valence-electron chi connectivity index (χ3n) is 3.78. The molecular formula is C14H16FN3O2. The van der Waals surface area contributed by atoms with Crippen LogP contribution in [0.3, 0.4) is 0 Å². The van der Waals surface area contributed by atoms with E-state index < -0.39 is 17.6 Å². The zero-order valence-corrected chi connectivity index (χ0v) is 11.1. The van der Waals surface area contributed by atoms with Crippen molar-refractivity contribution in [2.24, 2.45) is 0 Å². The summed E-state index contributed by atoms with van der Waals surface area (Å²) in [4.78, 5) is 27.4. The predicted octanol–water partition coefficient (Wildman–Crippen LogP) is 0.147. The van der Waals surface area contributed by atoms with E-state index in [0.717, 1.165) is 5.56 Å². The smallest absolute Gasteiger partial charge is 0.316 e. The molecular weight excluding hydrogens is 261 g/mol. The van der Waals surface area contributed by atoms with Gasteiger partial charge in [-0.15, -0.1) is 0 Å². The highest BCUT2D eigenvalue weighted by molar-refractivity contribution is 6.40. The monoisotopic (exact) mass is 277 g/mol. The van der Waals surface area contributed by atoms with Crippen LogP contribution in [0.15, 0.2) is 18.2 Å². The Morgan fingerprint density at radius 2 is 1.85 bits per heavy atom. The molecule has 3 rings (SSSR count). The van der Waals surface area contributed by atoms with Crippen LogP contribution in [0.4, 0.5) is 10.1 Å². The molecule has 0 saturated carbocycles. The second-order valence-corrected chi connectivity index (χ2v) is 5.02. The van der Waals surface area contributed by atoms with Gasteiger partial charge in [-0.1, -0.05) is 6.07 Å². The number of nitrogens with one attached hydrogen (secondary N) is 1. The normalized spacial score (nSPS) is 18.1. The van der Waals surface area contributed by atoms with Gasteiger partial charge in [0.2, 0.25) is 0 Å². The van der Waals surface area contributed by atoms with E-state index in [1.807, 2.05) is 0 Å². The van der Waals surface area contributed by atoms with Crippen molar-refractivity contribution in [1.29, 1.82) is 0 Å². The number of halogens is 1. The molecule has 0 bridgehead atoms. The summed E-state index contributed by atoms with van der Waals surface area (Å²) in [5, 5.41) is 3.13. The average molecular weight is 277 g/mol. The topological polar surface area (TPSA) is 52.7 Å². The van der Waals surface area contributed by atoms with E-state index in [-0.39, 0.29) is 0 Å². The molecule has 0 atom stereocenters. The molecule has 1 aromatic rings. The molecule has 2 amide bonds. The maximum atomic E-state index is 13.3. The van der Waals surface area contributed by atoms with Crippen LogP contribution in [0.1, 0.15) is 5.56 Å². The van der Waals surface area contributed by atoms with Crippen LogP contribution in [0.5, 0.6) is 0 Å². The molecule has 20 heavy (non-hydrogen) atoms. The van der Waals surface area contributed by atoms with Crippen molar-refractivity contribution >= 4 is 17.5 Å². The fourth-order valence-electron chi connectivity index (χ4n) is 2.68. The highest BCUT2D eigenvalue weighted by atomic mass is 19.1. The standard InChI is InChI=1S/C14H16FN3O2/c15-11-2-1-10-3-6-18(12(10)9-11)14(20)13(19)17-7-4-16-5-8-17/h1-2,9,16H,3-8H2. The van der Waals surface area contributed by atoms with Gasteiger partial charge in [0.05, 0.1) is 5.69 Å². The van der Waals surface area contributed by atoms with Crippen molar-refractivity contribution in [3.05, 3.63) is 29.6 Å². The first-order valence-corrected chi connectivity index (χ1v) is 6.77. The zero-order chi connectivity index (χ0) is 14.1. The molecule has 0 aromatic heterocycles. The average Bonchev–Trinajstić information content (AvgIpc) is 2.89. The largest absolute Gasteiger partial charge is 0.332 e. The van der Waals surface area contributed by atoms with E-state index in [9.17, 15) is 14.0 Å². The Balaban J connectivity index is 1.79. The molecule has 2 aliphatic heterocycles. The van der Waals surface area contributed by atoms with Gasteiger partial charge in [0, 0.05) is 32.7 Å². The number of nitrogens with zero attached hydrogens (tertiary/aromatic N) is 2. The minimum atomic E-state index is -0.559. The highest BCUT2D eigenvalue weighted by Gasteiger charge is 2.32. The van der Waals surface area contributed by atoms with Crippen molar-refractivity contribution in [2.75, 3.05) is 37.6 Å². The van der Waals surface area contributed by atoms with Crippen LogP contribution < -0.4 is 10.2 Å². The number of fused-ring (bicyclic) bond motifs is 1. The van der Waals surface area contributed by atoms with Gasteiger partial charge in [-0.25, -0.2) is 4.39 Å². The molecule has 6 heteroatoms. The fourth-order valence-corrected chi connectivity index (χ4v) is 2.68. The minimum Gasteiger partial charge on any atom is -0.332 e. The van der Waals surface area contributed by atoms with Crippen LogP contribution in [0.2, 0.25) is 0 Å². The molecule has 106 valence electrons. The molecule has 1 saturated heterocycles. The van der Waals surface area contributed by atoms with Gasteiger partial charge >= 0.3 is 11.8 Å². The van der Waals surface area contributed by atoms with Gasteiger partial charge in [0.1, 0.15) is 5.82 Å². The summed E-state index contributed by atoms with van der Waals surface area (Å²) < 4.78 is 13.3. The number of anilines is 1. The Labute approximate surface area is 116 Å². The first kappa shape index (κ1) is 13.1. The summed E-state index contributed by atoms with van der Waals surface area (Å²) in [7, 11) is 0. The number of hydrogen-bond donors (Lipinski definition) is 1. The summed E-state index contributed by atoms with van der Waals surface area (Å²) in [6, 6.07) is 4.38. The number of benzene rings is 1. The quantitative estimate of drug-likeness (QED) is 0.687. The molecule has 1 fully saturated rings. The molecule has 2 heterocycles. The third kappa shape index (κ3) is 2.27. The van der Waals surface area contributed by atoms with Gasteiger partial charge < -0.3 is 15.1 Å². The van der Waals surface area contributed by atoms with Gasteiger partial charge in [-0.2, -0.15) is 0 Å². The van der Waals surface area contributed by atoms with Crippen molar-refractivity contribution < 1.29 is 14.0 Å². The highest BCUT2D eigenvalue weighted by Crippen LogP contribution is 2.28. The maximum Gasteiger partial charge on any atom is 0.316 e. The minimum absolute atomic E-state index is 0.391. The van der Waals surface area contributed by atoms with Crippen LogP contribution in [-0.4, -0.2) is 49.4 Å². The lowest BCUT2D eigenvalue weighted by atomic mass is 10.2. The van der Waals surface area contributed by atoms with E-state index in [4.69, 9.17) is 0 Å². The molecule has 0 aliphatic carbocycles. The van der Waals surface area contributed by atoms with Crippen molar-refractivity contribution in [3.63, 3.8) is 0 Å². The fraction of sp³-hybridized carbons (Fsp3) is 0.429. The summed E-state index contributed by atoms with van der Waals surface area (Å²) in [6.45, 7) is 2.91. The van der Waals surface area contributed by atoms with E-state index in [1.54, 1.807) is 11.0 Å². The summed E-state index contributed by atoms with van der Waals surface area (Å²) >= 11 is 0. The molecule has 5 nitrogen and oxygen atoms in total. The first-order chi connectivity index (χ1) is 9.66. The van der Waals surface area contributed by atoms with Gasteiger partial charge in [-0.3, -0.25) is 9.59 Å². The molecule has 0 unspecified atom stereocenters. The number of amides is 2. The molecule has 1 N–H and O–H groups in total. The third-order valence-corrected chi connectivity index (χ3v) is 3.78. The molecule has 0 spiro atoms. The lowest BCUT2D eigenvalue weighted by Gasteiger charge is -2.28. The Morgan fingerprint density at radius 3 is 2.60 bits per heavy atom. The van der Waals surface area contributed by atoms with Crippen molar-refractivity contribution in [2.45, 2.75) is 6.42 Å². The number of rotatable bonds is 0. The Bertz CT molecular complexity index is 555. The van der Waals surface area contributed by atoms with E-state index >= 15 is 0 Å². The molecule has 2 aliphatic rings. The number of carbonyl (C=O) groups excluding carboxylic acids is 2. The molecule has 0 radical (unpaired) electrons. The first-order valence-electron chi connectivity index (χ1n) is 6.77. The van der Waals surface area contributed by atoms with Gasteiger partial charge in [0.15, 0.2) is 0 Å². The SMILES string of the molecule is O=C(C(=O)N1CCc2ccc(F)cc21)N1CCNCC1. The van der Waals surface area contributed by atoms with Crippen molar-refractivity contribution in [1.82, 2.24) is 10.2 Å². The van der Waals surface area contributed by atoms with Crippen LogP contribution in [-0.2, 0) is 16.0 Å². The van der Waals surface area contributed by atoms with E-state index in [1.165, 1.54) is 17.0 Å². The van der Waals surface area contributed by atoms with Gasteiger partial charge in [-0.05, 0) is 24.1 Å². The Hall–Kier alpha value is -1.95. The summed E-state index contributed by atoms with van der Waals surface area (Å²) in [5.41, 5.74) is 1.44. The lowest BCUT2D eigenvalue weighted by molar-refractivity contribution is -0.144. The second kappa shape index (κ2) is 5.20. The number of hydrogen-bond acceptors (Lipinski definition) is 3. The molecule has 1 aromatic carbocycles.